The van der Waals surface area contributed by atoms with E-state index in [0.29, 0.717) is 0 Å². The van der Waals surface area contributed by atoms with Crippen molar-refractivity contribution in [1.82, 2.24) is 9.55 Å². The summed E-state index contributed by atoms with van der Waals surface area (Å²) in [4.78, 5) is 4.45. The Morgan fingerprint density at radius 2 is 1.82 bits per heavy atom. The zero-order valence-electron chi connectivity index (χ0n) is 9.28. The standard InChI is InChI=1S/C11H12N2.3ClH.V/c1-3-8-13-9(2)12-10-6-4-5-7-11(10)13;;;;/h3-7H,1,8H2,2H3;3*1H;/q;;;;+3/p-3. The van der Waals surface area contributed by atoms with Crippen LogP contribution in [0.5, 0.6) is 0 Å². The minimum atomic E-state index is 0. The van der Waals surface area contributed by atoms with Gasteiger partial charge in [0, 0.05) is 6.54 Å². The molecule has 0 saturated heterocycles. The number of rotatable bonds is 2. The van der Waals surface area contributed by atoms with Gasteiger partial charge in [-0.3, -0.25) is 0 Å². The maximum absolute atomic E-state index is 4.45. The van der Waals surface area contributed by atoms with Crippen molar-refractivity contribution in [3.05, 3.63) is 42.7 Å². The summed E-state index contributed by atoms with van der Waals surface area (Å²) in [5.74, 6) is 1.04. The number of para-hydroxylation sites is 2. The molecule has 2 aromatic rings. The zero-order valence-corrected chi connectivity index (χ0v) is 12.9. The molecule has 0 fully saturated rings. The van der Waals surface area contributed by atoms with E-state index in [0.717, 1.165) is 17.9 Å². The second-order valence-corrected chi connectivity index (χ2v) is 3.05. The van der Waals surface area contributed by atoms with Crippen molar-refractivity contribution in [1.29, 1.82) is 0 Å². The first-order valence-corrected chi connectivity index (χ1v) is 4.35. The largest absolute Gasteiger partial charge is 3.00 e. The van der Waals surface area contributed by atoms with Gasteiger partial charge in [-0.05, 0) is 19.1 Å². The van der Waals surface area contributed by atoms with Crippen LogP contribution in [0.3, 0.4) is 0 Å². The van der Waals surface area contributed by atoms with Crippen LogP contribution < -0.4 is 37.2 Å². The number of imidazole rings is 1. The van der Waals surface area contributed by atoms with Crippen molar-refractivity contribution in [2.75, 3.05) is 0 Å². The first-order valence-electron chi connectivity index (χ1n) is 4.35. The molecule has 2 rings (SSSR count). The molecule has 0 unspecified atom stereocenters. The van der Waals surface area contributed by atoms with Gasteiger partial charge in [-0.15, -0.1) is 6.58 Å². The molecule has 92 valence electrons. The smallest absolute Gasteiger partial charge is 1.00 e. The topological polar surface area (TPSA) is 17.8 Å². The predicted molar refractivity (Wildman–Crippen MR) is 54.7 cm³/mol. The Balaban J connectivity index is -0.000000490. The van der Waals surface area contributed by atoms with Crippen LogP contribution in [0.25, 0.3) is 11.0 Å². The van der Waals surface area contributed by atoms with Crippen LogP contribution in [0.15, 0.2) is 36.9 Å². The van der Waals surface area contributed by atoms with Crippen LogP contribution in [-0.4, -0.2) is 9.55 Å². The number of nitrogens with zero attached hydrogens (tertiary/aromatic N) is 2. The molecule has 0 aliphatic heterocycles. The fourth-order valence-electron chi connectivity index (χ4n) is 1.56. The Kier molecular flexibility index (Phi) is 12.8. The van der Waals surface area contributed by atoms with E-state index < -0.39 is 0 Å². The van der Waals surface area contributed by atoms with Crippen LogP contribution in [0, 0.1) is 6.92 Å². The fraction of sp³-hybridized carbons (Fsp3) is 0.182. The third-order valence-electron chi connectivity index (χ3n) is 2.16. The van der Waals surface area contributed by atoms with Gasteiger partial charge in [0.2, 0.25) is 0 Å². The van der Waals surface area contributed by atoms with Gasteiger partial charge in [-0.25, -0.2) is 4.98 Å². The third kappa shape index (κ3) is 4.57. The first-order chi connectivity index (χ1) is 6.33. The second kappa shape index (κ2) is 9.87. The van der Waals surface area contributed by atoms with Crippen molar-refractivity contribution in [2.24, 2.45) is 0 Å². The molecule has 0 atom stereocenters. The van der Waals surface area contributed by atoms with Crippen molar-refractivity contribution >= 4 is 11.0 Å². The number of halogens is 3. The molecule has 0 amide bonds. The molecular weight excluding hydrogens is 317 g/mol. The molecule has 0 saturated carbocycles. The quantitative estimate of drug-likeness (QED) is 0.501. The van der Waals surface area contributed by atoms with Gasteiger partial charge in [0.15, 0.2) is 0 Å². The summed E-state index contributed by atoms with van der Waals surface area (Å²) in [5, 5.41) is 0. The van der Waals surface area contributed by atoms with E-state index in [2.05, 4.69) is 22.2 Å². The maximum Gasteiger partial charge on any atom is 3.00 e. The summed E-state index contributed by atoms with van der Waals surface area (Å²) in [6, 6.07) is 8.15. The molecular formula is C11H12Cl3N2V. The van der Waals surface area contributed by atoms with E-state index in [1.54, 1.807) is 0 Å². The minimum absolute atomic E-state index is 0. The Hall–Kier alpha value is -0.116. The molecule has 0 bridgehead atoms. The number of aryl methyl sites for hydroxylation is 1. The number of benzene rings is 1. The van der Waals surface area contributed by atoms with E-state index in [1.165, 1.54) is 5.52 Å². The van der Waals surface area contributed by atoms with Crippen molar-refractivity contribution in [3.8, 4) is 0 Å². The SMILES string of the molecule is C=CCn1c(C)nc2ccccc21.[Cl-].[Cl-].[Cl-].[V+3]. The third-order valence-corrected chi connectivity index (χ3v) is 2.16. The fourth-order valence-corrected chi connectivity index (χ4v) is 1.56. The molecule has 1 aromatic carbocycles. The number of allylic oxidation sites excluding steroid dienone is 1. The zero-order chi connectivity index (χ0) is 9.26. The van der Waals surface area contributed by atoms with Gasteiger partial charge in [0.05, 0.1) is 11.0 Å². The maximum atomic E-state index is 4.45. The molecule has 0 radical (unpaired) electrons. The molecule has 0 N–H and O–H groups in total. The summed E-state index contributed by atoms with van der Waals surface area (Å²) in [6.07, 6.45) is 1.89. The van der Waals surface area contributed by atoms with Gasteiger partial charge >= 0.3 is 18.6 Å². The van der Waals surface area contributed by atoms with Crippen molar-refractivity contribution in [3.63, 3.8) is 0 Å². The van der Waals surface area contributed by atoms with E-state index in [9.17, 15) is 0 Å². The average molecular weight is 330 g/mol. The molecule has 2 nitrogen and oxygen atoms in total. The summed E-state index contributed by atoms with van der Waals surface area (Å²) in [6.45, 7) is 6.58. The predicted octanol–water partition coefficient (Wildman–Crippen LogP) is -6.46. The van der Waals surface area contributed by atoms with Crippen LogP contribution in [-0.2, 0) is 25.1 Å². The normalized spacial score (nSPS) is 8.06. The molecule has 1 aromatic heterocycles. The van der Waals surface area contributed by atoms with Gasteiger partial charge in [-0.2, -0.15) is 0 Å². The number of aromatic nitrogens is 2. The van der Waals surface area contributed by atoms with Crippen LogP contribution in [0.4, 0.5) is 0 Å². The molecule has 6 heteroatoms. The number of hydrogen-bond donors (Lipinski definition) is 0. The average Bonchev–Trinajstić information content (AvgIpc) is 2.44. The van der Waals surface area contributed by atoms with Gasteiger partial charge in [0.1, 0.15) is 5.82 Å². The van der Waals surface area contributed by atoms with Crippen LogP contribution in [0.1, 0.15) is 5.82 Å². The minimum Gasteiger partial charge on any atom is -1.00 e. The first kappa shape index (κ1) is 22.1. The molecule has 17 heavy (non-hydrogen) atoms. The van der Waals surface area contributed by atoms with E-state index in [4.69, 9.17) is 0 Å². The molecule has 0 aliphatic carbocycles. The van der Waals surface area contributed by atoms with E-state index in [1.807, 2.05) is 31.2 Å². The Morgan fingerprint density at radius 3 is 2.41 bits per heavy atom. The van der Waals surface area contributed by atoms with Crippen LogP contribution >= 0.6 is 0 Å². The summed E-state index contributed by atoms with van der Waals surface area (Å²) >= 11 is 0. The monoisotopic (exact) mass is 328 g/mol. The summed E-state index contributed by atoms with van der Waals surface area (Å²) in [5.41, 5.74) is 2.24. The number of fused-ring (bicyclic) bond motifs is 1. The number of hydrogen-bond acceptors (Lipinski definition) is 1. The van der Waals surface area contributed by atoms with Gasteiger partial charge in [0.25, 0.3) is 0 Å². The molecule has 1 heterocycles. The van der Waals surface area contributed by atoms with Gasteiger partial charge < -0.3 is 41.8 Å². The second-order valence-electron chi connectivity index (χ2n) is 3.05. The van der Waals surface area contributed by atoms with Crippen LogP contribution in [0.2, 0.25) is 0 Å². The summed E-state index contributed by atoms with van der Waals surface area (Å²) in [7, 11) is 0. The Labute approximate surface area is 132 Å². The van der Waals surface area contributed by atoms with Crippen molar-refractivity contribution in [2.45, 2.75) is 13.5 Å². The molecule has 0 aliphatic rings. The van der Waals surface area contributed by atoms with Gasteiger partial charge in [-0.1, -0.05) is 18.2 Å². The summed E-state index contributed by atoms with van der Waals surface area (Å²) < 4.78 is 2.16. The Bertz CT molecular complexity index is 457. The van der Waals surface area contributed by atoms with E-state index in [-0.39, 0.29) is 55.8 Å². The Morgan fingerprint density at radius 1 is 1.24 bits per heavy atom. The van der Waals surface area contributed by atoms with Crippen molar-refractivity contribution < 1.29 is 55.8 Å². The van der Waals surface area contributed by atoms with E-state index >= 15 is 0 Å². The molecule has 0 spiro atoms.